The summed E-state index contributed by atoms with van der Waals surface area (Å²) in [5.74, 6) is 0. The summed E-state index contributed by atoms with van der Waals surface area (Å²) in [5.41, 5.74) is 0. The molecule has 2 rings (SSSR count). The van der Waals surface area contributed by atoms with Crippen LogP contribution in [-0.4, -0.2) is 47.8 Å². The SMILES string of the molecule is CC1CCCCN1CC(O)CNC1CCCC1. The van der Waals surface area contributed by atoms with Gasteiger partial charge in [0.05, 0.1) is 6.10 Å². The van der Waals surface area contributed by atoms with E-state index in [1.54, 1.807) is 0 Å². The minimum atomic E-state index is -0.198. The lowest BCUT2D eigenvalue weighted by atomic mass is 10.0. The van der Waals surface area contributed by atoms with Crippen LogP contribution < -0.4 is 5.32 Å². The molecule has 0 aromatic rings. The van der Waals surface area contributed by atoms with Gasteiger partial charge in [-0.05, 0) is 39.2 Å². The first kappa shape index (κ1) is 13.3. The molecule has 1 saturated carbocycles. The van der Waals surface area contributed by atoms with Gasteiger partial charge in [0.1, 0.15) is 0 Å². The van der Waals surface area contributed by atoms with Crippen molar-refractivity contribution in [2.24, 2.45) is 0 Å². The fourth-order valence-electron chi connectivity index (χ4n) is 3.20. The normalized spacial score (nSPS) is 29.6. The predicted molar refractivity (Wildman–Crippen MR) is 71.2 cm³/mol. The van der Waals surface area contributed by atoms with Gasteiger partial charge < -0.3 is 10.4 Å². The maximum Gasteiger partial charge on any atom is 0.0791 e. The van der Waals surface area contributed by atoms with Crippen LogP contribution in [0, 0.1) is 0 Å². The number of likely N-dealkylation sites (tertiary alicyclic amines) is 1. The Bertz CT molecular complexity index is 216. The molecule has 1 heterocycles. The maximum absolute atomic E-state index is 10.1. The monoisotopic (exact) mass is 240 g/mol. The van der Waals surface area contributed by atoms with E-state index in [2.05, 4.69) is 17.1 Å². The Morgan fingerprint density at radius 1 is 1.18 bits per heavy atom. The lowest BCUT2D eigenvalue weighted by molar-refractivity contribution is 0.0716. The van der Waals surface area contributed by atoms with Crippen molar-refractivity contribution >= 4 is 0 Å². The van der Waals surface area contributed by atoms with Gasteiger partial charge in [-0.1, -0.05) is 19.3 Å². The molecule has 0 amide bonds. The average Bonchev–Trinajstić information content (AvgIpc) is 2.82. The molecule has 1 aliphatic carbocycles. The fourth-order valence-corrected chi connectivity index (χ4v) is 3.20. The quantitative estimate of drug-likeness (QED) is 0.768. The van der Waals surface area contributed by atoms with Crippen molar-refractivity contribution in [1.29, 1.82) is 0 Å². The molecule has 2 aliphatic rings. The Labute approximate surface area is 106 Å². The predicted octanol–water partition coefficient (Wildman–Crippen LogP) is 1.75. The molecule has 2 unspecified atom stereocenters. The van der Waals surface area contributed by atoms with Gasteiger partial charge >= 0.3 is 0 Å². The summed E-state index contributed by atoms with van der Waals surface area (Å²) in [4.78, 5) is 2.45. The number of nitrogens with one attached hydrogen (secondary N) is 1. The van der Waals surface area contributed by atoms with E-state index in [9.17, 15) is 5.11 Å². The van der Waals surface area contributed by atoms with Gasteiger partial charge in [-0.3, -0.25) is 4.90 Å². The Morgan fingerprint density at radius 2 is 1.88 bits per heavy atom. The van der Waals surface area contributed by atoms with Crippen molar-refractivity contribution in [2.45, 2.75) is 70.1 Å². The molecular weight excluding hydrogens is 212 g/mol. The van der Waals surface area contributed by atoms with Crippen LogP contribution >= 0.6 is 0 Å². The molecule has 100 valence electrons. The zero-order valence-electron chi connectivity index (χ0n) is 11.2. The molecule has 2 atom stereocenters. The number of rotatable bonds is 5. The van der Waals surface area contributed by atoms with Gasteiger partial charge in [0.15, 0.2) is 0 Å². The fraction of sp³-hybridized carbons (Fsp3) is 1.00. The van der Waals surface area contributed by atoms with Crippen LogP contribution in [0.4, 0.5) is 0 Å². The standard InChI is InChI=1S/C14H28N2O/c1-12-6-4-5-9-16(12)11-14(17)10-15-13-7-2-3-8-13/h12-15,17H,2-11H2,1H3. The summed E-state index contributed by atoms with van der Waals surface area (Å²) in [7, 11) is 0. The Balaban J connectivity index is 1.63. The number of hydrogen-bond donors (Lipinski definition) is 2. The molecular formula is C14H28N2O. The number of piperidine rings is 1. The molecule has 0 spiro atoms. The third-order valence-corrected chi connectivity index (χ3v) is 4.38. The zero-order chi connectivity index (χ0) is 12.1. The first-order chi connectivity index (χ1) is 8.25. The van der Waals surface area contributed by atoms with E-state index in [1.807, 2.05) is 0 Å². The van der Waals surface area contributed by atoms with Crippen LogP contribution in [0.3, 0.4) is 0 Å². The third-order valence-electron chi connectivity index (χ3n) is 4.38. The summed E-state index contributed by atoms with van der Waals surface area (Å²) >= 11 is 0. The largest absolute Gasteiger partial charge is 0.390 e. The summed E-state index contributed by atoms with van der Waals surface area (Å²) in [6.45, 7) is 5.08. The van der Waals surface area contributed by atoms with Gasteiger partial charge in [0.25, 0.3) is 0 Å². The number of aliphatic hydroxyl groups excluding tert-OH is 1. The molecule has 17 heavy (non-hydrogen) atoms. The Kier molecular flexibility index (Phi) is 5.26. The molecule has 3 heteroatoms. The highest BCUT2D eigenvalue weighted by Crippen LogP contribution is 2.18. The highest BCUT2D eigenvalue weighted by Gasteiger charge is 2.21. The number of β-amino-alcohol motifs (C(OH)–C–C–N with tert-alkyl or cyclic N) is 1. The molecule has 3 nitrogen and oxygen atoms in total. The van der Waals surface area contributed by atoms with Crippen molar-refractivity contribution in [3.8, 4) is 0 Å². The smallest absolute Gasteiger partial charge is 0.0791 e. The summed E-state index contributed by atoms with van der Waals surface area (Å²) in [6, 6.07) is 1.33. The van der Waals surface area contributed by atoms with Crippen molar-refractivity contribution in [1.82, 2.24) is 10.2 Å². The lowest BCUT2D eigenvalue weighted by Gasteiger charge is -2.34. The molecule has 0 bridgehead atoms. The molecule has 0 aromatic heterocycles. The highest BCUT2D eigenvalue weighted by molar-refractivity contribution is 4.79. The maximum atomic E-state index is 10.1. The van der Waals surface area contributed by atoms with E-state index in [1.165, 1.54) is 51.5 Å². The molecule has 0 aromatic carbocycles. The summed E-state index contributed by atoms with van der Waals surface area (Å²) < 4.78 is 0. The van der Waals surface area contributed by atoms with Crippen LogP contribution in [-0.2, 0) is 0 Å². The first-order valence-electron chi connectivity index (χ1n) is 7.41. The van der Waals surface area contributed by atoms with Gasteiger partial charge in [0, 0.05) is 25.2 Å². The first-order valence-corrected chi connectivity index (χ1v) is 7.41. The van der Waals surface area contributed by atoms with E-state index in [4.69, 9.17) is 0 Å². The second kappa shape index (κ2) is 6.72. The van der Waals surface area contributed by atoms with E-state index < -0.39 is 0 Å². The van der Waals surface area contributed by atoms with Crippen molar-refractivity contribution < 1.29 is 5.11 Å². The summed E-state index contributed by atoms with van der Waals surface area (Å²) in [5, 5.41) is 13.6. The van der Waals surface area contributed by atoms with Crippen LogP contribution in [0.25, 0.3) is 0 Å². The Hall–Kier alpha value is -0.120. The average molecular weight is 240 g/mol. The van der Waals surface area contributed by atoms with Crippen LogP contribution in [0.15, 0.2) is 0 Å². The number of aliphatic hydroxyl groups is 1. The van der Waals surface area contributed by atoms with Crippen molar-refractivity contribution in [2.75, 3.05) is 19.6 Å². The zero-order valence-corrected chi connectivity index (χ0v) is 11.2. The number of hydrogen-bond acceptors (Lipinski definition) is 3. The molecule has 2 N–H and O–H groups in total. The highest BCUT2D eigenvalue weighted by atomic mass is 16.3. The second-order valence-electron chi connectivity index (χ2n) is 5.88. The van der Waals surface area contributed by atoms with Gasteiger partial charge in [-0.15, -0.1) is 0 Å². The van der Waals surface area contributed by atoms with E-state index in [0.717, 1.165) is 13.1 Å². The molecule has 1 saturated heterocycles. The van der Waals surface area contributed by atoms with Crippen molar-refractivity contribution in [3.63, 3.8) is 0 Å². The second-order valence-corrected chi connectivity index (χ2v) is 5.88. The van der Waals surface area contributed by atoms with E-state index in [0.29, 0.717) is 12.1 Å². The van der Waals surface area contributed by atoms with E-state index >= 15 is 0 Å². The minimum Gasteiger partial charge on any atom is -0.390 e. The number of nitrogens with zero attached hydrogens (tertiary/aromatic N) is 1. The van der Waals surface area contributed by atoms with Gasteiger partial charge in [-0.25, -0.2) is 0 Å². The Morgan fingerprint density at radius 3 is 2.59 bits per heavy atom. The van der Waals surface area contributed by atoms with E-state index in [-0.39, 0.29) is 6.10 Å². The topological polar surface area (TPSA) is 35.5 Å². The van der Waals surface area contributed by atoms with Crippen molar-refractivity contribution in [3.05, 3.63) is 0 Å². The molecule has 0 radical (unpaired) electrons. The van der Waals surface area contributed by atoms with Crippen LogP contribution in [0.2, 0.25) is 0 Å². The summed E-state index contributed by atoms with van der Waals surface area (Å²) in [6.07, 6.45) is 9.06. The molecule has 2 fully saturated rings. The van der Waals surface area contributed by atoms with Crippen LogP contribution in [0.1, 0.15) is 51.9 Å². The minimum absolute atomic E-state index is 0.198. The van der Waals surface area contributed by atoms with Gasteiger partial charge in [-0.2, -0.15) is 0 Å². The van der Waals surface area contributed by atoms with Gasteiger partial charge in [0.2, 0.25) is 0 Å². The van der Waals surface area contributed by atoms with Crippen LogP contribution in [0.5, 0.6) is 0 Å². The third kappa shape index (κ3) is 4.23. The molecule has 1 aliphatic heterocycles. The lowest BCUT2D eigenvalue weighted by Crippen LogP contribution is -2.45.